The average Bonchev–Trinajstić information content (AvgIpc) is 2.65. The second kappa shape index (κ2) is 11.5. The Morgan fingerprint density at radius 3 is 2.26 bits per heavy atom. The molecule has 2 rings (SSSR count). The van der Waals surface area contributed by atoms with E-state index in [9.17, 15) is 9.59 Å². The Kier molecular flexibility index (Phi) is 10.1. The highest BCUT2D eigenvalue weighted by atomic mass is 32.1. The highest BCUT2D eigenvalue weighted by Gasteiger charge is 2.39. The van der Waals surface area contributed by atoms with Crippen molar-refractivity contribution in [1.29, 1.82) is 0 Å². The summed E-state index contributed by atoms with van der Waals surface area (Å²) in [4.78, 5) is 25.3. The predicted octanol–water partition coefficient (Wildman–Crippen LogP) is 7.01. The number of carbonyl (C=O) groups excluding carboxylic acids is 2. The fraction of sp³-hybridized carbons (Fsp3) is 0.538. The fourth-order valence-corrected chi connectivity index (χ4v) is 4.22. The number of carbonyl (C=O) groups is 2. The number of alkyl carbamates (subject to hydrolysis) is 1. The summed E-state index contributed by atoms with van der Waals surface area (Å²) in [7, 11) is -2.01. The van der Waals surface area contributed by atoms with E-state index in [1.54, 1.807) is 20.8 Å². The van der Waals surface area contributed by atoms with Crippen molar-refractivity contribution in [3.8, 4) is 5.75 Å². The number of anilines is 1. The van der Waals surface area contributed by atoms with Crippen LogP contribution in [-0.2, 0) is 9.53 Å². The summed E-state index contributed by atoms with van der Waals surface area (Å²) in [5.41, 5.74) is 0.00995. The maximum absolute atomic E-state index is 13.1. The van der Waals surface area contributed by atoms with Crippen molar-refractivity contribution >= 4 is 49.4 Å². The van der Waals surface area contributed by atoms with Crippen LogP contribution in [0.5, 0.6) is 5.75 Å². The van der Waals surface area contributed by atoms with Crippen LogP contribution in [-0.4, -0.2) is 37.7 Å². The highest BCUT2D eigenvalue weighted by Crippen LogP contribution is 2.38. The average molecular weight is 507 g/mol. The lowest BCUT2D eigenvalue weighted by atomic mass is 10.1. The van der Waals surface area contributed by atoms with Gasteiger partial charge in [-0.05, 0) is 74.7 Å². The Labute approximate surface area is 211 Å². The van der Waals surface area contributed by atoms with E-state index in [-0.39, 0.29) is 18.4 Å². The molecule has 0 radical (unpaired) electrons. The van der Waals surface area contributed by atoms with Gasteiger partial charge in [-0.3, -0.25) is 4.79 Å². The molecule has 1 atom stereocenters. The lowest BCUT2D eigenvalue weighted by Crippen LogP contribution is -2.46. The van der Waals surface area contributed by atoms with Gasteiger partial charge in [0.1, 0.15) is 17.4 Å². The quantitative estimate of drug-likeness (QED) is 0.279. The third-order valence-corrected chi connectivity index (χ3v) is 10.3. The number of benzene rings is 2. The number of ether oxygens (including phenoxy) is 1. The normalized spacial score (nSPS) is 13.0. The zero-order valence-corrected chi connectivity index (χ0v) is 22.9. The van der Waals surface area contributed by atoms with Crippen molar-refractivity contribution in [3.05, 3.63) is 36.4 Å². The first kappa shape index (κ1) is 29.8. The summed E-state index contributed by atoms with van der Waals surface area (Å²) in [5, 5.41) is 7.57. The maximum atomic E-state index is 13.1. The van der Waals surface area contributed by atoms with E-state index >= 15 is 0 Å². The van der Waals surface area contributed by atoms with E-state index in [0.717, 1.165) is 16.5 Å². The van der Waals surface area contributed by atoms with E-state index in [2.05, 4.69) is 57.1 Å². The number of hydrogen-bond acceptors (Lipinski definition) is 5. The molecule has 34 heavy (non-hydrogen) atoms. The molecule has 8 heteroatoms. The monoisotopic (exact) mass is 506 g/mol. The summed E-state index contributed by atoms with van der Waals surface area (Å²) < 4.78 is 11.8. The van der Waals surface area contributed by atoms with E-state index < -0.39 is 26.1 Å². The van der Waals surface area contributed by atoms with Crippen LogP contribution in [0.15, 0.2) is 36.4 Å². The molecule has 0 saturated heterocycles. The number of amides is 2. The van der Waals surface area contributed by atoms with Crippen LogP contribution in [0.1, 0.15) is 55.4 Å². The minimum Gasteiger partial charge on any atom is -0.543 e. The molecule has 0 spiro atoms. The van der Waals surface area contributed by atoms with Gasteiger partial charge in [0, 0.05) is 11.1 Å². The van der Waals surface area contributed by atoms with Gasteiger partial charge in [0.05, 0.1) is 0 Å². The fourth-order valence-electron chi connectivity index (χ4n) is 2.94. The van der Waals surface area contributed by atoms with Gasteiger partial charge in [-0.25, -0.2) is 4.79 Å². The standard InChI is InChI=1S/C25H38N2O4SSi.CH4/c1-24(2,3)30-23(29)27-21(14-15-32)22(28)26-20-11-9-10-17-12-13-18(16-19(17)20)31-33(7,8)25(4,5)6;/h9-13,16,21,32H,14-15H2,1-8H3,(H,26,28)(H,27,29);1H4. The predicted molar refractivity (Wildman–Crippen MR) is 149 cm³/mol. The first-order valence-corrected chi connectivity index (χ1v) is 14.8. The molecule has 1 unspecified atom stereocenters. The van der Waals surface area contributed by atoms with Crippen molar-refractivity contribution in [2.24, 2.45) is 0 Å². The molecule has 2 N–H and O–H groups in total. The highest BCUT2D eigenvalue weighted by molar-refractivity contribution is 7.80. The largest absolute Gasteiger partial charge is 0.543 e. The molecule has 0 bridgehead atoms. The van der Waals surface area contributed by atoms with Gasteiger partial charge in [-0.1, -0.05) is 46.4 Å². The first-order valence-electron chi connectivity index (χ1n) is 11.3. The molecule has 2 aromatic rings. The lowest BCUT2D eigenvalue weighted by molar-refractivity contribution is -0.118. The van der Waals surface area contributed by atoms with Crippen molar-refractivity contribution in [1.82, 2.24) is 5.32 Å². The molecule has 0 aliphatic carbocycles. The van der Waals surface area contributed by atoms with Crippen LogP contribution in [0.25, 0.3) is 10.8 Å². The van der Waals surface area contributed by atoms with E-state index in [4.69, 9.17) is 9.16 Å². The Morgan fingerprint density at radius 1 is 1.06 bits per heavy atom. The summed E-state index contributed by atoms with van der Waals surface area (Å²) in [6.07, 6.45) is -0.258. The zero-order chi connectivity index (χ0) is 25.0. The van der Waals surface area contributed by atoms with Crippen molar-refractivity contribution in [2.75, 3.05) is 11.1 Å². The number of fused-ring (bicyclic) bond motifs is 1. The summed E-state index contributed by atoms with van der Waals surface area (Å²) in [6, 6.07) is 10.9. The van der Waals surface area contributed by atoms with Crippen molar-refractivity contribution in [3.63, 3.8) is 0 Å². The lowest BCUT2D eigenvalue weighted by Gasteiger charge is -2.36. The van der Waals surface area contributed by atoms with Crippen molar-refractivity contribution < 1.29 is 18.8 Å². The smallest absolute Gasteiger partial charge is 0.408 e. The molecule has 2 amide bonds. The summed E-state index contributed by atoms with van der Waals surface area (Å²) >= 11 is 4.24. The molecule has 2 aromatic carbocycles. The van der Waals surface area contributed by atoms with Gasteiger partial charge in [-0.2, -0.15) is 12.6 Å². The molecule has 6 nitrogen and oxygen atoms in total. The van der Waals surface area contributed by atoms with E-state index in [1.165, 1.54) is 0 Å². The molecule has 0 aliphatic rings. The SMILES string of the molecule is C.CC(C)(C)OC(=O)NC(CCS)C(=O)Nc1cccc2ccc(O[Si](C)(C)C(C)(C)C)cc12. The number of nitrogens with one attached hydrogen (secondary N) is 2. The second-order valence-corrected chi connectivity index (χ2v) is 15.9. The summed E-state index contributed by atoms with van der Waals surface area (Å²) in [5.74, 6) is 0.904. The molecule has 0 fully saturated rings. The third-order valence-electron chi connectivity index (χ3n) is 5.72. The Morgan fingerprint density at radius 2 is 1.71 bits per heavy atom. The Balaban J connectivity index is 0.00000578. The van der Waals surface area contributed by atoms with Crippen molar-refractivity contribution in [2.45, 2.75) is 85.2 Å². The minimum atomic E-state index is -2.01. The minimum absolute atomic E-state index is 0. The van der Waals surface area contributed by atoms with Crippen LogP contribution in [0.4, 0.5) is 10.5 Å². The molecule has 0 saturated carbocycles. The van der Waals surface area contributed by atoms with Gasteiger partial charge in [0.2, 0.25) is 14.2 Å². The van der Waals surface area contributed by atoms with Gasteiger partial charge in [0.15, 0.2) is 0 Å². The van der Waals surface area contributed by atoms with Crippen LogP contribution in [0.2, 0.25) is 18.1 Å². The third kappa shape index (κ3) is 8.23. The second-order valence-electron chi connectivity index (χ2n) is 10.8. The Bertz CT molecular complexity index is 996. The van der Waals surface area contributed by atoms with Gasteiger partial charge < -0.3 is 19.8 Å². The molecular formula is C26H42N2O4SSi. The number of thiol groups is 1. The molecular weight excluding hydrogens is 464 g/mol. The molecule has 190 valence electrons. The molecule has 0 heterocycles. The van der Waals surface area contributed by atoms with Crippen LogP contribution >= 0.6 is 12.6 Å². The molecule has 0 aliphatic heterocycles. The summed E-state index contributed by atoms with van der Waals surface area (Å²) in [6.45, 7) is 16.3. The Hall–Kier alpha value is -2.19. The van der Waals surface area contributed by atoms with Crippen LogP contribution < -0.4 is 15.1 Å². The van der Waals surface area contributed by atoms with E-state index in [0.29, 0.717) is 17.9 Å². The number of hydrogen-bond donors (Lipinski definition) is 3. The van der Waals surface area contributed by atoms with Gasteiger partial charge in [-0.15, -0.1) is 0 Å². The van der Waals surface area contributed by atoms with Crippen LogP contribution in [0, 0.1) is 0 Å². The van der Waals surface area contributed by atoms with Crippen LogP contribution in [0.3, 0.4) is 0 Å². The van der Waals surface area contributed by atoms with Gasteiger partial charge >= 0.3 is 6.09 Å². The zero-order valence-electron chi connectivity index (χ0n) is 21.0. The van der Waals surface area contributed by atoms with E-state index in [1.807, 2.05) is 36.4 Å². The molecule has 0 aromatic heterocycles. The number of rotatable bonds is 7. The topological polar surface area (TPSA) is 76.7 Å². The first-order chi connectivity index (χ1) is 15.1. The maximum Gasteiger partial charge on any atom is 0.408 e. The van der Waals surface area contributed by atoms with Gasteiger partial charge in [0.25, 0.3) is 0 Å².